The zero-order chi connectivity index (χ0) is 12.3. The zero-order valence-electron chi connectivity index (χ0n) is 8.41. The second-order valence-electron chi connectivity index (χ2n) is 3.26. The van der Waals surface area contributed by atoms with Gasteiger partial charge in [-0.25, -0.2) is 17.6 Å². The number of likely N-dealkylation sites (N-methyl/N-ethyl adjacent to an activating group) is 1. The summed E-state index contributed by atoms with van der Waals surface area (Å²) in [5.74, 6) is -1.65. The molecule has 1 unspecified atom stereocenters. The van der Waals surface area contributed by atoms with Crippen molar-refractivity contribution in [1.82, 2.24) is 5.32 Å². The maximum Gasteiger partial charge on any atom is 0.254 e. The molecule has 6 heteroatoms. The third kappa shape index (κ3) is 2.95. The largest absolute Gasteiger partial charge is 0.312 e. The highest BCUT2D eigenvalue weighted by Gasteiger charge is 2.23. The normalized spacial score (nSPS) is 13.2. The van der Waals surface area contributed by atoms with Crippen molar-refractivity contribution < 1.29 is 17.6 Å². The number of nitrogens with one attached hydrogen (secondary N) is 1. The second-order valence-corrected chi connectivity index (χ2v) is 4.11. The maximum atomic E-state index is 13.5. The predicted molar refractivity (Wildman–Crippen MR) is 56.6 cm³/mol. The molecule has 0 radical (unpaired) electrons. The molecule has 1 aromatic carbocycles. The van der Waals surface area contributed by atoms with Gasteiger partial charge in [0.15, 0.2) is 0 Å². The quantitative estimate of drug-likeness (QED) is 0.665. The highest BCUT2D eigenvalue weighted by atomic mass is 79.9. The smallest absolute Gasteiger partial charge is 0.254 e. The second kappa shape index (κ2) is 5.63. The van der Waals surface area contributed by atoms with Gasteiger partial charge < -0.3 is 5.32 Å². The van der Waals surface area contributed by atoms with Crippen molar-refractivity contribution in [3.8, 4) is 0 Å². The first-order chi connectivity index (χ1) is 7.47. The Morgan fingerprint density at radius 3 is 2.44 bits per heavy atom. The summed E-state index contributed by atoms with van der Waals surface area (Å²) in [5.41, 5.74) is -0.339. The number of hydrogen-bond donors (Lipinski definition) is 1. The van der Waals surface area contributed by atoms with Crippen LogP contribution in [0.2, 0.25) is 0 Å². The van der Waals surface area contributed by atoms with Crippen molar-refractivity contribution >= 4 is 15.9 Å². The molecule has 0 amide bonds. The Morgan fingerprint density at radius 2 is 1.94 bits per heavy atom. The molecule has 0 spiro atoms. The van der Waals surface area contributed by atoms with E-state index >= 15 is 0 Å². The molecule has 0 aromatic heterocycles. The summed E-state index contributed by atoms with van der Waals surface area (Å²) in [6.07, 6.45) is -3.08. The van der Waals surface area contributed by atoms with E-state index in [0.29, 0.717) is 0 Å². The molecular weight excluding hydrogens is 290 g/mol. The number of alkyl halides is 2. The van der Waals surface area contributed by atoms with Crippen LogP contribution >= 0.6 is 15.9 Å². The van der Waals surface area contributed by atoms with Gasteiger partial charge in [0.2, 0.25) is 0 Å². The molecule has 1 nitrogen and oxygen atoms in total. The molecule has 0 aliphatic rings. The lowest BCUT2D eigenvalue weighted by Crippen LogP contribution is -2.35. The van der Waals surface area contributed by atoms with Gasteiger partial charge in [-0.2, -0.15) is 0 Å². The van der Waals surface area contributed by atoms with Crippen LogP contribution in [0.15, 0.2) is 16.6 Å². The predicted octanol–water partition coefficient (Wildman–Crippen LogP) is 3.12. The molecule has 0 bridgehead atoms. The Bertz CT molecular complexity index is 370. The molecule has 0 heterocycles. The zero-order valence-corrected chi connectivity index (χ0v) is 9.99. The third-order valence-electron chi connectivity index (χ3n) is 2.24. The van der Waals surface area contributed by atoms with Gasteiger partial charge in [-0.15, -0.1) is 0 Å². The van der Waals surface area contributed by atoms with Gasteiger partial charge in [-0.1, -0.05) is 0 Å². The fourth-order valence-corrected chi connectivity index (χ4v) is 1.66. The lowest BCUT2D eigenvalue weighted by atomic mass is 10.1. The first kappa shape index (κ1) is 13.4. The van der Waals surface area contributed by atoms with E-state index in [1.54, 1.807) is 0 Å². The Hall–Kier alpha value is -0.620. The van der Waals surface area contributed by atoms with Crippen LogP contribution in [-0.2, 0) is 6.42 Å². The van der Waals surface area contributed by atoms with Gasteiger partial charge in [0.05, 0.1) is 10.5 Å². The number of hydrogen-bond acceptors (Lipinski definition) is 1. The van der Waals surface area contributed by atoms with Crippen LogP contribution < -0.4 is 5.32 Å². The number of halogens is 5. The lowest BCUT2D eigenvalue weighted by molar-refractivity contribution is 0.101. The molecular formula is C10H10BrF4N. The van der Waals surface area contributed by atoms with Crippen LogP contribution in [-0.4, -0.2) is 19.5 Å². The van der Waals surface area contributed by atoms with E-state index in [-0.39, 0.29) is 10.0 Å². The van der Waals surface area contributed by atoms with Crippen molar-refractivity contribution in [2.45, 2.75) is 18.9 Å². The minimum absolute atomic E-state index is 0.0630. The van der Waals surface area contributed by atoms with E-state index in [2.05, 4.69) is 21.2 Å². The van der Waals surface area contributed by atoms with E-state index in [1.165, 1.54) is 13.1 Å². The van der Waals surface area contributed by atoms with Crippen LogP contribution in [0.5, 0.6) is 0 Å². The summed E-state index contributed by atoms with van der Waals surface area (Å²) in [7, 11) is 1.32. The first-order valence-corrected chi connectivity index (χ1v) is 5.34. The first-order valence-electron chi connectivity index (χ1n) is 4.55. The van der Waals surface area contributed by atoms with Gasteiger partial charge in [0.1, 0.15) is 11.6 Å². The van der Waals surface area contributed by atoms with Crippen LogP contribution in [0.25, 0.3) is 0 Å². The SMILES string of the molecule is CNC(Cc1c(F)ccc(Br)c1F)C(F)F. The fourth-order valence-electron chi connectivity index (χ4n) is 1.29. The van der Waals surface area contributed by atoms with Crippen molar-refractivity contribution in [1.29, 1.82) is 0 Å². The summed E-state index contributed by atoms with van der Waals surface area (Å²) >= 11 is 2.88. The van der Waals surface area contributed by atoms with E-state index in [0.717, 1.165) is 6.07 Å². The van der Waals surface area contributed by atoms with Crippen LogP contribution in [0.1, 0.15) is 5.56 Å². The maximum absolute atomic E-state index is 13.5. The average Bonchev–Trinajstić information content (AvgIpc) is 2.23. The third-order valence-corrected chi connectivity index (χ3v) is 2.85. The van der Waals surface area contributed by atoms with Crippen molar-refractivity contribution in [3.05, 3.63) is 33.8 Å². The summed E-state index contributed by atoms with van der Waals surface area (Å²) in [6, 6.07) is 0.976. The topological polar surface area (TPSA) is 12.0 Å². The van der Waals surface area contributed by atoms with Gasteiger partial charge in [-0.05, 0) is 41.5 Å². The molecule has 0 saturated carbocycles. The monoisotopic (exact) mass is 299 g/mol. The highest BCUT2D eigenvalue weighted by molar-refractivity contribution is 9.10. The van der Waals surface area contributed by atoms with Crippen molar-refractivity contribution in [2.75, 3.05) is 7.05 Å². The minimum Gasteiger partial charge on any atom is -0.312 e. The molecule has 1 aromatic rings. The molecule has 0 saturated heterocycles. The van der Waals surface area contributed by atoms with Crippen molar-refractivity contribution in [2.24, 2.45) is 0 Å². The Balaban J connectivity index is 3.00. The summed E-state index contributed by atoms with van der Waals surface area (Å²) in [4.78, 5) is 0. The van der Waals surface area contributed by atoms with Crippen molar-refractivity contribution in [3.63, 3.8) is 0 Å². The van der Waals surface area contributed by atoms with Crippen LogP contribution in [0.3, 0.4) is 0 Å². The minimum atomic E-state index is -2.68. The Kier molecular flexibility index (Phi) is 4.73. The molecule has 1 N–H and O–H groups in total. The van der Waals surface area contributed by atoms with Gasteiger partial charge in [-0.3, -0.25) is 0 Å². The molecule has 1 atom stereocenters. The summed E-state index contributed by atoms with van der Waals surface area (Å²) in [5, 5.41) is 2.33. The molecule has 0 aliphatic carbocycles. The molecule has 16 heavy (non-hydrogen) atoms. The molecule has 1 rings (SSSR count). The van der Waals surface area contributed by atoms with Gasteiger partial charge in [0.25, 0.3) is 6.43 Å². The summed E-state index contributed by atoms with van der Waals surface area (Å²) < 4.78 is 51.6. The van der Waals surface area contributed by atoms with Gasteiger partial charge in [0, 0.05) is 5.56 Å². The van der Waals surface area contributed by atoms with Gasteiger partial charge >= 0.3 is 0 Å². The molecule has 0 fully saturated rings. The van der Waals surface area contributed by atoms with Crippen LogP contribution in [0, 0.1) is 11.6 Å². The fraction of sp³-hybridized carbons (Fsp3) is 0.400. The lowest BCUT2D eigenvalue weighted by Gasteiger charge is -2.16. The summed E-state index contributed by atoms with van der Waals surface area (Å²) in [6.45, 7) is 0. The van der Waals surface area contributed by atoms with E-state index in [9.17, 15) is 17.6 Å². The number of benzene rings is 1. The standard InChI is InChI=1S/C10H10BrF4N/c1-16-8(10(14)15)4-5-7(12)3-2-6(11)9(5)13/h2-3,8,10,16H,4H2,1H3. The van der Waals surface area contributed by atoms with Crippen LogP contribution in [0.4, 0.5) is 17.6 Å². The van der Waals surface area contributed by atoms with E-state index in [4.69, 9.17) is 0 Å². The average molecular weight is 300 g/mol. The van der Waals surface area contributed by atoms with E-state index in [1.807, 2.05) is 0 Å². The highest BCUT2D eigenvalue weighted by Crippen LogP contribution is 2.23. The van der Waals surface area contributed by atoms with E-state index < -0.39 is 30.5 Å². The molecule has 0 aliphatic heterocycles. The number of rotatable bonds is 4. The Morgan fingerprint density at radius 1 is 1.31 bits per heavy atom. The Labute approximate surface area is 99.0 Å². The molecule has 90 valence electrons.